The summed E-state index contributed by atoms with van der Waals surface area (Å²) in [6.07, 6.45) is 3.70. The quantitative estimate of drug-likeness (QED) is 0.542. The number of anilines is 1. The fraction of sp³-hybridized carbons (Fsp3) is 0.409. The smallest absolute Gasteiger partial charge is 0.348 e. The molecule has 11 heteroatoms. The van der Waals surface area contributed by atoms with Gasteiger partial charge in [0.2, 0.25) is 10.0 Å². The van der Waals surface area contributed by atoms with E-state index in [0.717, 1.165) is 37.0 Å². The van der Waals surface area contributed by atoms with Gasteiger partial charge in [-0.3, -0.25) is 9.59 Å². The van der Waals surface area contributed by atoms with Crippen molar-refractivity contribution in [1.29, 1.82) is 0 Å². The Morgan fingerprint density at radius 3 is 2.33 bits per heavy atom. The van der Waals surface area contributed by atoms with E-state index in [9.17, 15) is 22.8 Å². The molecule has 0 aliphatic heterocycles. The van der Waals surface area contributed by atoms with Crippen LogP contribution in [0.3, 0.4) is 0 Å². The van der Waals surface area contributed by atoms with E-state index < -0.39 is 27.8 Å². The predicted molar refractivity (Wildman–Crippen MR) is 125 cm³/mol. The van der Waals surface area contributed by atoms with Gasteiger partial charge in [0.15, 0.2) is 0 Å². The molecule has 0 unspecified atom stereocenters. The zero-order valence-corrected chi connectivity index (χ0v) is 20.3. The molecule has 1 fully saturated rings. The first-order chi connectivity index (χ1) is 15.6. The van der Waals surface area contributed by atoms with E-state index in [1.54, 1.807) is 20.9 Å². The van der Waals surface area contributed by atoms with Gasteiger partial charge < -0.3 is 15.8 Å². The highest BCUT2D eigenvalue weighted by Crippen LogP contribution is 2.34. The van der Waals surface area contributed by atoms with Gasteiger partial charge in [-0.15, -0.1) is 11.3 Å². The number of nitrogens with zero attached hydrogens (tertiary/aromatic N) is 1. The zero-order chi connectivity index (χ0) is 24.3. The summed E-state index contributed by atoms with van der Waals surface area (Å²) in [5.74, 6) is -1.96. The Morgan fingerprint density at radius 1 is 1.18 bits per heavy atom. The Morgan fingerprint density at radius 2 is 1.79 bits per heavy atom. The van der Waals surface area contributed by atoms with E-state index in [1.807, 2.05) is 0 Å². The van der Waals surface area contributed by atoms with Crippen LogP contribution in [0.1, 0.15) is 68.6 Å². The van der Waals surface area contributed by atoms with Gasteiger partial charge in [-0.25, -0.2) is 13.2 Å². The normalized spacial score (nSPS) is 14.4. The molecule has 1 aromatic carbocycles. The number of thiophene rings is 1. The summed E-state index contributed by atoms with van der Waals surface area (Å²) in [6, 6.07) is 5.56. The van der Waals surface area contributed by atoms with Crippen molar-refractivity contribution >= 4 is 44.1 Å². The van der Waals surface area contributed by atoms with Crippen LogP contribution in [0.4, 0.5) is 5.00 Å². The van der Waals surface area contributed by atoms with Crippen molar-refractivity contribution in [2.24, 2.45) is 5.73 Å². The van der Waals surface area contributed by atoms with Crippen molar-refractivity contribution in [3.8, 4) is 0 Å². The molecule has 0 atom stereocenters. The number of amides is 2. The molecule has 1 aliphatic carbocycles. The molecule has 1 saturated carbocycles. The van der Waals surface area contributed by atoms with E-state index in [1.165, 1.54) is 28.6 Å². The van der Waals surface area contributed by atoms with Crippen LogP contribution in [0.2, 0.25) is 0 Å². The minimum absolute atomic E-state index is 0.0131. The number of primary amides is 1. The van der Waals surface area contributed by atoms with Gasteiger partial charge in [-0.2, -0.15) is 4.31 Å². The van der Waals surface area contributed by atoms with Crippen LogP contribution in [0.5, 0.6) is 0 Å². The van der Waals surface area contributed by atoms with Crippen LogP contribution >= 0.6 is 11.3 Å². The van der Waals surface area contributed by atoms with Crippen LogP contribution in [0.25, 0.3) is 0 Å². The Balaban J connectivity index is 1.82. The predicted octanol–water partition coefficient (Wildman–Crippen LogP) is 3.15. The topological polar surface area (TPSA) is 136 Å². The zero-order valence-electron chi connectivity index (χ0n) is 18.7. The van der Waals surface area contributed by atoms with Crippen LogP contribution < -0.4 is 11.1 Å². The molecule has 178 valence electrons. The van der Waals surface area contributed by atoms with Crippen LogP contribution in [0.15, 0.2) is 29.2 Å². The third-order valence-corrected chi connectivity index (χ3v) is 8.83. The number of rotatable bonds is 8. The molecule has 2 amide bonds. The number of nitrogens with two attached hydrogens (primary N) is 1. The second-order valence-corrected chi connectivity index (χ2v) is 10.8. The molecule has 3 rings (SSSR count). The highest BCUT2D eigenvalue weighted by molar-refractivity contribution is 7.89. The minimum atomic E-state index is -3.67. The maximum atomic E-state index is 12.9. The van der Waals surface area contributed by atoms with Crippen molar-refractivity contribution in [3.05, 3.63) is 45.8 Å². The Bertz CT molecular complexity index is 1170. The third-order valence-electron chi connectivity index (χ3n) is 5.71. The molecule has 2 aromatic rings. The highest BCUT2D eigenvalue weighted by Gasteiger charge is 2.30. The fourth-order valence-electron chi connectivity index (χ4n) is 3.87. The SMILES string of the molecule is CCOC(=O)c1sc(NC(=O)c2ccc(S(=O)(=O)N(C)C3CCCC3)cc2)c(C(N)=O)c1C. The molecule has 0 bridgehead atoms. The van der Waals surface area contributed by atoms with Gasteiger partial charge in [0.25, 0.3) is 11.8 Å². The number of benzene rings is 1. The fourth-order valence-corrected chi connectivity index (χ4v) is 6.39. The lowest BCUT2D eigenvalue weighted by molar-refractivity contribution is 0.0531. The van der Waals surface area contributed by atoms with E-state index in [0.29, 0.717) is 5.56 Å². The summed E-state index contributed by atoms with van der Waals surface area (Å²) < 4.78 is 32.2. The number of carbonyl (C=O) groups is 3. The molecular weight excluding hydrogens is 466 g/mol. The molecule has 3 N–H and O–H groups in total. The summed E-state index contributed by atoms with van der Waals surface area (Å²) in [7, 11) is -2.09. The average molecular weight is 494 g/mol. The summed E-state index contributed by atoms with van der Waals surface area (Å²) in [5, 5.41) is 2.73. The lowest BCUT2D eigenvalue weighted by Crippen LogP contribution is -2.35. The van der Waals surface area contributed by atoms with Gasteiger partial charge in [0.1, 0.15) is 9.88 Å². The van der Waals surface area contributed by atoms with Gasteiger partial charge in [-0.1, -0.05) is 12.8 Å². The molecule has 9 nitrogen and oxygen atoms in total. The number of hydrogen-bond acceptors (Lipinski definition) is 7. The molecule has 0 saturated heterocycles. The first-order valence-electron chi connectivity index (χ1n) is 10.6. The Labute approximate surface area is 197 Å². The van der Waals surface area contributed by atoms with E-state index >= 15 is 0 Å². The number of ether oxygens (including phenoxy) is 1. The van der Waals surface area contributed by atoms with E-state index in [-0.39, 0.29) is 38.5 Å². The van der Waals surface area contributed by atoms with Gasteiger partial charge >= 0.3 is 5.97 Å². The molecule has 1 aromatic heterocycles. The summed E-state index contributed by atoms with van der Waals surface area (Å²) in [6.45, 7) is 3.38. The first-order valence-corrected chi connectivity index (χ1v) is 12.8. The monoisotopic (exact) mass is 493 g/mol. The van der Waals surface area contributed by atoms with Crippen molar-refractivity contribution in [2.75, 3.05) is 19.0 Å². The largest absolute Gasteiger partial charge is 0.462 e. The first kappa shape index (κ1) is 24.9. The number of carbonyl (C=O) groups excluding carboxylic acids is 3. The van der Waals surface area contributed by atoms with E-state index in [4.69, 9.17) is 10.5 Å². The lowest BCUT2D eigenvalue weighted by atomic mass is 10.1. The molecule has 1 aliphatic rings. The van der Waals surface area contributed by atoms with Crippen LogP contribution in [-0.4, -0.2) is 50.2 Å². The van der Waals surface area contributed by atoms with Crippen molar-refractivity contribution in [2.45, 2.75) is 50.5 Å². The van der Waals surface area contributed by atoms with Crippen molar-refractivity contribution in [1.82, 2.24) is 4.31 Å². The second kappa shape index (κ2) is 10.0. The van der Waals surface area contributed by atoms with Gasteiger partial charge in [0.05, 0.1) is 17.1 Å². The minimum Gasteiger partial charge on any atom is -0.462 e. The van der Waals surface area contributed by atoms with Crippen LogP contribution in [-0.2, 0) is 14.8 Å². The van der Waals surface area contributed by atoms with E-state index in [2.05, 4.69) is 5.32 Å². The van der Waals surface area contributed by atoms with Crippen molar-refractivity contribution in [3.63, 3.8) is 0 Å². The summed E-state index contributed by atoms with van der Waals surface area (Å²) >= 11 is 0.901. The summed E-state index contributed by atoms with van der Waals surface area (Å²) in [4.78, 5) is 37.1. The number of nitrogens with one attached hydrogen (secondary N) is 1. The van der Waals surface area contributed by atoms with Gasteiger partial charge in [0, 0.05) is 18.7 Å². The lowest BCUT2D eigenvalue weighted by Gasteiger charge is -2.23. The number of sulfonamides is 1. The third kappa shape index (κ3) is 5.10. The number of esters is 1. The standard InChI is InChI=1S/C22H27N3O6S2/c1-4-31-22(28)18-13(2)17(19(23)26)21(32-18)24-20(27)14-9-11-16(12-10-14)33(29,30)25(3)15-7-5-6-8-15/h9-12,15H,4-8H2,1-3H3,(H2,23,26)(H,24,27). The maximum absolute atomic E-state index is 12.9. The molecule has 0 spiro atoms. The Kier molecular flexibility index (Phi) is 7.55. The highest BCUT2D eigenvalue weighted by atomic mass is 32.2. The number of hydrogen-bond donors (Lipinski definition) is 2. The maximum Gasteiger partial charge on any atom is 0.348 e. The molecule has 1 heterocycles. The Hall–Kier alpha value is -2.76. The van der Waals surface area contributed by atoms with Gasteiger partial charge in [-0.05, 0) is 56.5 Å². The molecular formula is C22H27N3O6S2. The summed E-state index contributed by atoms with van der Waals surface area (Å²) in [5.41, 5.74) is 6.02. The molecule has 33 heavy (non-hydrogen) atoms. The average Bonchev–Trinajstić information content (AvgIpc) is 3.41. The second-order valence-electron chi connectivity index (χ2n) is 7.78. The van der Waals surface area contributed by atoms with Crippen LogP contribution in [0, 0.1) is 6.92 Å². The van der Waals surface area contributed by atoms with Crippen molar-refractivity contribution < 1.29 is 27.5 Å². The molecule has 0 radical (unpaired) electrons.